The summed E-state index contributed by atoms with van der Waals surface area (Å²) in [5.41, 5.74) is 0.785. The quantitative estimate of drug-likeness (QED) is 0.535. The third-order valence-corrected chi connectivity index (χ3v) is 4.16. The van der Waals surface area contributed by atoms with Crippen molar-refractivity contribution in [2.45, 2.75) is 23.5 Å². The van der Waals surface area contributed by atoms with E-state index in [2.05, 4.69) is 5.32 Å². The molecule has 3 nitrogen and oxygen atoms in total. The van der Waals surface area contributed by atoms with Crippen molar-refractivity contribution in [3.63, 3.8) is 0 Å². The molecule has 0 atom stereocenters. The lowest BCUT2D eigenvalue weighted by atomic mass is 10.1. The summed E-state index contributed by atoms with van der Waals surface area (Å²) >= 11 is 6.12. The summed E-state index contributed by atoms with van der Waals surface area (Å²) in [6.45, 7) is 0. The summed E-state index contributed by atoms with van der Waals surface area (Å²) in [5.74, 6) is -3.16. The van der Waals surface area contributed by atoms with Crippen LogP contribution in [0.2, 0.25) is 5.02 Å². The Kier molecular flexibility index (Phi) is 6.75. The summed E-state index contributed by atoms with van der Waals surface area (Å²) in [5, 5.41) is 3.09. The highest BCUT2D eigenvalue weighted by atomic mass is 35.5. The largest absolute Gasteiger partial charge is 0.325 e. The molecule has 0 aliphatic heterocycles. The Morgan fingerprint density at radius 3 is 2.38 bits per heavy atom. The van der Waals surface area contributed by atoms with Crippen LogP contribution in [0.15, 0.2) is 53.4 Å². The smallest absolute Gasteiger partial charge is 0.288 e. The van der Waals surface area contributed by atoms with E-state index in [1.807, 2.05) is 0 Å². The van der Waals surface area contributed by atoms with Crippen molar-refractivity contribution < 1.29 is 18.4 Å². The van der Waals surface area contributed by atoms with Crippen LogP contribution >= 0.6 is 23.4 Å². The lowest BCUT2D eigenvalue weighted by Crippen LogP contribution is -2.14. The van der Waals surface area contributed by atoms with Gasteiger partial charge in [-0.15, -0.1) is 0 Å². The molecule has 0 saturated heterocycles. The lowest BCUT2D eigenvalue weighted by Gasteiger charge is -2.10. The summed E-state index contributed by atoms with van der Waals surface area (Å²) in [6.07, 6.45) is -0.00718. The fraction of sp³-hybridized carbons (Fsp3) is 0.176. The highest BCUT2D eigenvalue weighted by Crippen LogP contribution is 2.31. The minimum absolute atomic E-state index is 0.0254. The van der Waals surface area contributed by atoms with Gasteiger partial charge in [0.25, 0.3) is 5.76 Å². The second-order valence-electron chi connectivity index (χ2n) is 4.85. The van der Waals surface area contributed by atoms with Crippen molar-refractivity contribution in [3.8, 4) is 0 Å². The summed E-state index contributed by atoms with van der Waals surface area (Å²) in [7, 11) is 0. The van der Waals surface area contributed by atoms with E-state index in [9.17, 15) is 18.4 Å². The van der Waals surface area contributed by atoms with Crippen molar-refractivity contribution in [2.75, 3.05) is 5.32 Å². The molecule has 0 aliphatic carbocycles. The third kappa shape index (κ3) is 5.62. The van der Waals surface area contributed by atoms with Crippen LogP contribution in [0.25, 0.3) is 0 Å². The van der Waals surface area contributed by atoms with Crippen molar-refractivity contribution in [3.05, 3.63) is 59.1 Å². The topological polar surface area (TPSA) is 46.2 Å². The molecule has 0 aliphatic rings. The maximum absolute atomic E-state index is 12.5. The first-order chi connectivity index (χ1) is 11.5. The van der Waals surface area contributed by atoms with Crippen LogP contribution in [-0.2, 0) is 4.79 Å². The molecule has 2 aromatic rings. The molecule has 0 aromatic heterocycles. The van der Waals surface area contributed by atoms with Gasteiger partial charge in [-0.3, -0.25) is 9.59 Å². The van der Waals surface area contributed by atoms with E-state index >= 15 is 0 Å². The van der Waals surface area contributed by atoms with E-state index in [1.54, 1.807) is 42.5 Å². The van der Waals surface area contributed by atoms with Crippen LogP contribution in [0, 0.1) is 0 Å². The van der Waals surface area contributed by atoms with Crippen LogP contribution in [0.1, 0.15) is 23.2 Å². The molecule has 0 spiro atoms. The molecule has 7 heteroatoms. The number of nitrogens with one attached hydrogen (secondary N) is 1. The number of carbonyl (C=O) groups is 2. The van der Waals surface area contributed by atoms with Gasteiger partial charge in [0, 0.05) is 28.3 Å². The number of para-hydroxylation sites is 1. The Hall–Kier alpha value is -1.92. The van der Waals surface area contributed by atoms with E-state index in [0.29, 0.717) is 28.0 Å². The molecular weight excluding hydrogens is 356 g/mol. The number of benzene rings is 2. The van der Waals surface area contributed by atoms with Crippen LogP contribution in [0.3, 0.4) is 0 Å². The third-order valence-electron chi connectivity index (χ3n) is 3.12. The van der Waals surface area contributed by atoms with E-state index in [0.717, 1.165) is 0 Å². The molecule has 0 radical (unpaired) electrons. The number of hydrogen-bond donors (Lipinski definition) is 1. The number of thioether (sulfide) groups is 1. The average Bonchev–Trinajstić information content (AvgIpc) is 2.54. The minimum Gasteiger partial charge on any atom is -0.325 e. The molecule has 0 heterocycles. The molecule has 126 valence electrons. The minimum atomic E-state index is -2.57. The zero-order chi connectivity index (χ0) is 17.5. The molecule has 1 N–H and O–H groups in total. The number of Topliss-reactive ketones (excluding diaryl/α,β-unsaturated/α-hetero) is 1. The molecule has 2 rings (SSSR count). The SMILES string of the molecule is O=C(CCC(=O)c1ccc(Cl)cc1)Nc1ccccc1SC(F)F. The normalized spacial score (nSPS) is 10.7. The molecule has 0 saturated carbocycles. The van der Waals surface area contributed by atoms with Gasteiger partial charge in [0.1, 0.15) is 0 Å². The monoisotopic (exact) mass is 369 g/mol. The Labute approximate surface area is 147 Å². The average molecular weight is 370 g/mol. The van der Waals surface area contributed by atoms with Gasteiger partial charge in [0.2, 0.25) is 5.91 Å². The first kappa shape index (κ1) is 18.4. The van der Waals surface area contributed by atoms with Crippen molar-refractivity contribution in [1.82, 2.24) is 0 Å². The predicted octanol–water partition coefficient (Wildman–Crippen LogP) is 5.26. The molecule has 1 amide bonds. The van der Waals surface area contributed by atoms with Crippen molar-refractivity contribution >= 4 is 40.7 Å². The number of alkyl halides is 2. The number of anilines is 1. The lowest BCUT2D eigenvalue weighted by molar-refractivity contribution is -0.116. The van der Waals surface area contributed by atoms with Crippen LogP contribution in [0.5, 0.6) is 0 Å². The second kappa shape index (κ2) is 8.80. The first-order valence-electron chi connectivity index (χ1n) is 7.08. The van der Waals surface area contributed by atoms with Crippen LogP contribution in [-0.4, -0.2) is 17.4 Å². The highest BCUT2D eigenvalue weighted by Gasteiger charge is 2.13. The van der Waals surface area contributed by atoms with E-state index in [-0.39, 0.29) is 23.5 Å². The van der Waals surface area contributed by atoms with Gasteiger partial charge < -0.3 is 5.32 Å². The van der Waals surface area contributed by atoms with E-state index < -0.39 is 11.7 Å². The maximum Gasteiger partial charge on any atom is 0.288 e. The molecule has 24 heavy (non-hydrogen) atoms. The molecule has 0 fully saturated rings. The molecule has 0 unspecified atom stereocenters. The van der Waals surface area contributed by atoms with Crippen LogP contribution < -0.4 is 5.32 Å². The maximum atomic E-state index is 12.5. The standard InChI is InChI=1S/C17H14ClF2NO2S/c18-12-7-5-11(6-8-12)14(22)9-10-16(23)21-13-3-1-2-4-15(13)24-17(19)20/h1-8,17H,9-10H2,(H,21,23). The highest BCUT2D eigenvalue weighted by molar-refractivity contribution is 7.99. The second-order valence-corrected chi connectivity index (χ2v) is 6.32. The van der Waals surface area contributed by atoms with Crippen molar-refractivity contribution in [1.29, 1.82) is 0 Å². The fourth-order valence-electron chi connectivity index (χ4n) is 1.99. The summed E-state index contributed by atoms with van der Waals surface area (Å²) in [6, 6.07) is 12.7. The number of rotatable bonds is 7. The number of carbonyl (C=O) groups excluding carboxylic acids is 2. The van der Waals surface area contributed by atoms with Gasteiger partial charge in [0.05, 0.1) is 5.69 Å². The van der Waals surface area contributed by atoms with Gasteiger partial charge >= 0.3 is 0 Å². The van der Waals surface area contributed by atoms with E-state index in [1.165, 1.54) is 6.07 Å². The molecule has 2 aromatic carbocycles. The number of hydrogen-bond acceptors (Lipinski definition) is 3. The fourth-order valence-corrected chi connectivity index (χ4v) is 2.71. The summed E-state index contributed by atoms with van der Waals surface area (Å²) in [4.78, 5) is 24.2. The number of ketones is 1. The summed E-state index contributed by atoms with van der Waals surface area (Å²) < 4.78 is 25.0. The number of amides is 1. The number of halogens is 3. The van der Waals surface area contributed by atoms with Gasteiger partial charge in [-0.1, -0.05) is 35.5 Å². The Morgan fingerprint density at radius 1 is 1.04 bits per heavy atom. The van der Waals surface area contributed by atoms with Gasteiger partial charge in [-0.2, -0.15) is 8.78 Å². The molecule has 0 bridgehead atoms. The first-order valence-corrected chi connectivity index (χ1v) is 8.34. The Balaban J connectivity index is 1.92. The van der Waals surface area contributed by atoms with Crippen molar-refractivity contribution in [2.24, 2.45) is 0 Å². The Bertz CT molecular complexity index is 723. The predicted molar refractivity (Wildman–Crippen MR) is 91.9 cm³/mol. The van der Waals surface area contributed by atoms with Gasteiger partial charge in [-0.25, -0.2) is 0 Å². The zero-order valence-corrected chi connectivity index (χ0v) is 14.0. The van der Waals surface area contributed by atoms with Crippen LogP contribution in [0.4, 0.5) is 14.5 Å². The van der Waals surface area contributed by atoms with Gasteiger partial charge in [0.15, 0.2) is 5.78 Å². The molecular formula is C17H14ClF2NO2S. The van der Waals surface area contributed by atoms with Gasteiger partial charge in [-0.05, 0) is 36.4 Å². The Morgan fingerprint density at radius 2 is 1.71 bits per heavy atom. The zero-order valence-electron chi connectivity index (χ0n) is 12.5. The van der Waals surface area contributed by atoms with E-state index in [4.69, 9.17) is 11.6 Å².